The third-order valence-electron chi connectivity index (χ3n) is 4.49. The highest BCUT2D eigenvalue weighted by Crippen LogP contribution is 2.29. The first-order chi connectivity index (χ1) is 11.3. The van der Waals surface area contributed by atoms with Gasteiger partial charge in [-0.3, -0.25) is 0 Å². The smallest absolute Gasteiger partial charge is 0.172 e. The van der Waals surface area contributed by atoms with Crippen LogP contribution in [0.2, 0.25) is 0 Å². The van der Waals surface area contributed by atoms with Crippen LogP contribution in [0.3, 0.4) is 0 Å². The van der Waals surface area contributed by atoms with Crippen LogP contribution in [0.25, 0.3) is 11.0 Å². The van der Waals surface area contributed by atoms with E-state index < -0.39 is 0 Å². The maximum absolute atomic E-state index is 5.92. The van der Waals surface area contributed by atoms with Crippen molar-refractivity contribution in [2.75, 3.05) is 67.9 Å². The van der Waals surface area contributed by atoms with E-state index in [4.69, 9.17) is 15.7 Å². The van der Waals surface area contributed by atoms with Crippen molar-refractivity contribution in [2.24, 2.45) is 0 Å². The zero-order chi connectivity index (χ0) is 15.6. The number of piperazine rings is 2. The van der Waals surface area contributed by atoms with Crippen molar-refractivity contribution in [2.45, 2.75) is 0 Å². The van der Waals surface area contributed by atoms with Crippen molar-refractivity contribution in [1.29, 1.82) is 0 Å². The van der Waals surface area contributed by atoms with Gasteiger partial charge in [0.05, 0.1) is 11.0 Å². The predicted octanol–water partition coefficient (Wildman–Crippen LogP) is 0.0312. The maximum Gasteiger partial charge on any atom is 0.172 e. The Morgan fingerprint density at radius 3 is 1.87 bits per heavy atom. The standard InChI is InChI=1S/C16H23N7/c17-12-1-2-13-14(11-12)21-16(23-9-5-19-6-10-23)15(20-13)22-7-3-18-4-8-22/h1-2,11,18-19H,3-10,17H2. The fourth-order valence-electron chi connectivity index (χ4n) is 3.23. The summed E-state index contributed by atoms with van der Waals surface area (Å²) < 4.78 is 0. The van der Waals surface area contributed by atoms with Crippen LogP contribution in [0.15, 0.2) is 18.2 Å². The number of rotatable bonds is 2. The Morgan fingerprint density at radius 1 is 0.783 bits per heavy atom. The second kappa shape index (κ2) is 6.17. The molecule has 0 saturated carbocycles. The van der Waals surface area contributed by atoms with Crippen LogP contribution in [-0.2, 0) is 0 Å². The number of nitrogens with zero attached hydrogens (tertiary/aromatic N) is 4. The molecule has 2 aliphatic heterocycles. The Labute approximate surface area is 135 Å². The zero-order valence-electron chi connectivity index (χ0n) is 13.3. The average molecular weight is 313 g/mol. The average Bonchev–Trinajstić information content (AvgIpc) is 2.62. The molecule has 0 unspecified atom stereocenters. The molecule has 7 nitrogen and oxygen atoms in total. The highest BCUT2D eigenvalue weighted by Gasteiger charge is 2.23. The summed E-state index contributed by atoms with van der Waals surface area (Å²) in [6.45, 7) is 7.80. The molecule has 0 atom stereocenters. The summed E-state index contributed by atoms with van der Waals surface area (Å²) in [5.41, 5.74) is 8.43. The molecule has 0 aliphatic carbocycles. The van der Waals surface area contributed by atoms with E-state index >= 15 is 0 Å². The number of nitrogen functional groups attached to an aromatic ring is 1. The third kappa shape index (κ3) is 2.89. The lowest BCUT2D eigenvalue weighted by molar-refractivity contribution is 0.571. The number of anilines is 3. The van der Waals surface area contributed by atoms with Gasteiger partial charge in [-0.05, 0) is 18.2 Å². The van der Waals surface area contributed by atoms with Gasteiger partial charge in [-0.1, -0.05) is 0 Å². The molecular weight excluding hydrogens is 290 g/mol. The van der Waals surface area contributed by atoms with Gasteiger partial charge in [-0.25, -0.2) is 9.97 Å². The number of nitrogens with two attached hydrogens (primary N) is 1. The molecular formula is C16H23N7. The van der Waals surface area contributed by atoms with Gasteiger partial charge < -0.3 is 26.2 Å². The van der Waals surface area contributed by atoms with E-state index in [-0.39, 0.29) is 0 Å². The van der Waals surface area contributed by atoms with Crippen LogP contribution < -0.4 is 26.2 Å². The van der Waals surface area contributed by atoms with Gasteiger partial charge in [0.15, 0.2) is 11.6 Å². The third-order valence-corrected chi connectivity index (χ3v) is 4.49. The minimum atomic E-state index is 0.730. The molecule has 7 heteroatoms. The van der Waals surface area contributed by atoms with Crippen molar-refractivity contribution in [3.8, 4) is 0 Å². The summed E-state index contributed by atoms with van der Waals surface area (Å²) in [5, 5.41) is 6.79. The highest BCUT2D eigenvalue weighted by atomic mass is 15.3. The molecule has 2 aliphatic rings. The van der Waals surface area contributed by atoms with Crippen LogP contribution >= 0.6 is 0 Å². The van der Waals surface area contributed by atoms with Crippen LogP contribution in [0, 0.1) is 0 Å². The highest BCUT2D eigenvalue weighted by molar-refractivity contribution is 5.83. The van der Waals surface area contributed by atoms with E-state index in [1.54, 1.807) is 0 Å². The lowest BCUT2D eigenvalue weighted by Crippen LogP contribution is -2.47. The summed E-state index contributed by atoms with van der Waals surface area (Å²) in [4.78, 5) is 14.5. The second-order valence-electron chi connectivity index (χ2n) is 6.09. The minimum Gasteiger partial charge on any atom is -0.399 e. The monoisotopic (exact) mass is 313 g/mol. The molecule has 3 heterocycles. The number of nitrogens with one attached hydrogen (secondary N) is 2. The molecule has 0 spiro atoms. The molecule has 4 N–H and O–H groups in total. The second-order valence-corrected chi connectivity index (χ2v) is 6.09. The summed E-state index contributed by atoms with van der Waals surface area (Å²) in [6, 6.07) is 5.77. The first kappa shape index (κ1) is 14.5. The molecule has 1 aromatic carbocycles. The molecule has 2 saturated heterocycles. The van der Waals surface area contributed by atoms with E-state index in [2.05, 4.69) is 20.4 Å². The maximum atomic E-state index is 5.92. The van der Waals surface area contributed by atoms with Gasteiger partial charge in [0, 0.05) is 58.0 Å². The Balaban J connectivity index is 1.81. The number of hydrogen-bond donors (Lipinski definition) is 3. The molecule has 4 rings (SSSR count). The zero-order valence-corrected chi connectivity index (χ0v) is 13.3. The molecule has 122 valence electrons. The molecule has 0 amide bonds. The van der Waals surface area contributed by atoms with Gasteiger partial charge in [0.25, 0.3) is 0 Å². The number of aromatic nitrogens is 2. The normalized spacial score (nSPS) is 19.3. The van der Waals surface area contributed by atoms with Crippen LogP contribution in [0.4, 0.5) is 17.3 Å². The predicted molar refractivity (Wildman–Crippen MR) is 94.1 cm³/mol. The number of fused-ring (bicyclic) bond motifs is 1. The fourth-order valence-corrected chi connectivity index (χ4v) is 3.23. The molecule has 2 fully saturated rings. The van der Waals surface area contributed by atoms with E-state index in [0.29, 0.717) is 0 Å². The largest absolute Gasteiger partial charge is 0.399 e. The molecule has 23 heavy (non-hydrogen) atoms. The number of benzene rings is 1. The van der Waals surface area contributed by atoms with Crippen molar-refractivity contribution in [1.82, 2.24) is 20.6 Å². The summed E-state index contributed by atoms with van der Waals surface area (Å²) >= 11 is 0. The molecule has 1 aromatic heterocycles. The van der Waals surface area contributed by atoms with E-state index in [1.807, 2.05) is 18.2 Å². The first-order valence-electron chi connectivity index (χ1n) is 8.30. The van der Waals surface area contributed by atoms with E-state index in [9.17, 15) is 0 Å². The van der Waals surface area contributed by atoms with Crippen LogP contribution in [0.1, 0.15) is 0 Å². The van der Waals surface area contributed by atoms with E-state index in [0.717, 1.165) is 80.7 Å². The van der Waals surface area contributed by atoms with Crippen molar-refractivity contribution in [3.05, 3.63) is 18.2 Å². The van der Waals surface area contributed by atoms with E-state index in [1.165, 1.54) is 0 Å². The van der Waals surface area contributed by atoms with Gasteiger partial charge in [-0.15, -0.1) is 0 Å². The van der Waals surface area contributed by atoms with Crippen molar-refractivity contribution in [3.63, 3.8) is 0 Å². The van der Waals surface area contributed by atoms with Gasteiger partial charge >= 0.3 is 0 Å². The van der Waals surface area contributed by atoms with Crippen molar-refractivity contribution >= 4 is 28.4 Å². The summed E-state index contributed by atoms with van der Waals surface area (Å²) in [6.07, 6.45) is 0. The molecule has 0 bridgehead atoms. The van der Waals surface area contributed by atoms with Crippen molar-refractivity contribution < 1.29 is 0 Å². The number of hydrogen-bond acceptors (Lipinski definition) is 7. The lowest BCUT2D eigenvalue weighted by atomic mass is 10.2. The SMILES string of the molecule is Nc1ccc2nc(N3CCNCC3)c(N3CCNCC3)nc2c1. The quantitative estimate of drug-likeness (QED) is 0.675. The fraction of sp³-hybridized carbons (Fsp3) is 0.500. The Morgan fingerprint density at radius 2 is 1.30 bits per heavy atom. The molecule has 0 radical (unpaired) electrons. The van der Waals surface area contributed by atoms with Crippen LogP contribution in [-0.4, -0.2) is 62.3 Å². The summed E-state index contributed by atoms with van der Waals surface area (Å²) in [5.74, 6) is 2.00. The van der Waals surface area contributed by atoms with Gasteiger partial charge in [-0.2, -0.15) is 0 Å². The lowest BCUT2D eigenvalue weighted by Gasteiger charge is -2.34. The van der Waals surface area contributed by atoms with Gasteiger partial charge in [0.1, 0.15) is 0 Å². The topological polar surface area (TPSA) is 82.3 Å². The van der Waals surface area contributed by atoms with Gasteiger partial charge in [0.2, 0.25) is 0 Å². The Bertz CT molecular complexity index is 690. The van der Waals surface area contributed by atoms with Crippen LogP contribution in [0.5, 0.6) is 0 Å². The Kier molecular flexibility index (Phi) is 3.88. The first-order valence-corrected chi connectivity index (χ1v) is 8.30. The summed E-state index contributed by atoms with van der Waals surface area (Å²) in [7, 11) is 0. The molecule has 2 aromatic rings. The minimum absolute atomic E-state index is 0.730. The Hall–Kier alpha value is -2.12.